The fourth-order valence-corrected chi connectivity index (χ4v) is 4.65. The van der Waals surface area contributed by atoms with Gasteiger partial charge in [0.1, 0.15) is 0 Å². The smallest absolute Gasteiger partial charge is 0.282 e. The van der Waals surface area contributed by atoms with Crippen LogP contribution in [0.4, 0.5) is 0 Å². The molecule has 22 heavy (non-hydrogen) atoms. The average Bonchev–Trinajstić information content (AvgIpc) is 2.52. The predicted molar refractivity (Wildman–Crippen MR) is 89.4 cm³/mol. The molecule has 1 saturated heterocycles. The standard InChI is InChI=1S/C16H27N3O2S/c1-15-7-5-11-18(13-15)22(20,21)19(12-6-10-17)14-16-8-3-2-4-9-16/h2-4,8-9,15H,5-7,10-14,17H2,1H3. The van der Waals surface area contributed by atoms with E-state index in [9.17, 15) is 8.42 Å². The Hall–Kier alpha value is -0.950. The summed E-state index contributed by atoms with van der Waals surface area (Å²) in [5.41, 5.74) is 6.59. The highest BCUT2D eigenvalue weighted by Gasteiger charge is 2.32. The van der Waals surface area contributed by atoms with Crippen molar-refractivity contribution in [2.24, 2.45) is 11.7 Å². The zero-order valence-electron chi connectivity index (χ0n) is 13.3. The fraction of sp³-hybridized carbons (Fsp3) is 0.625. The van der Waals surface area contributed by atoms with Gasteiger partial charge in [0, 0.05) is 26.2 Å². The number of benzene rings is 1. The lowest BCUT2D eigenvalue weighted by Gasteiger charge is -2.34. The summed E-state index contributed by atoms with van der Waals surface area (Å²) in [6.07, 6.45) is 2.72. The van der Waals surface area contributed by atoms with Gasteiger partial charge >= 0.3 is 0 Å². The van der Waals surface area contributed by atoms with Gasteiger partial charge in [-0.25, -0.2) is 0 Å². The summed E-state index contributed by atoms with van der Waals surface area (Å²) in [5.74, 6) is 0.427. The largest absolute Gasteiger partial charge is 0.330 e. The Labute approximate surface area is 134 Å². The summed E-state index contributed by atoms with van der Waals surface area (Å²) >= 11 is 0. The van der Waals surface area contributed by atoms with Crippen LogP contribution in [-0.4, -0.2) is 43.2 Å². The first-order valence-electron chi connectivity index (χ1n) is 8.03. The van der Waals surface area contributed by atoms with Crippen molar-refractivity contribution in [3.05, 3.63) is 35.9 Å². The molecule has 1 atom stereocenters. The van der Waals surface area contributed by atoms with Crippen LogP contribution in [0, 0.1) is 5.92 Å². The number of piperidine rings is 1. The molecule has 0 spiro atoms. The second-order valence-electron chi connectivity index (χ2n) is 6.07. The molecular weight excluding hydrogens is 298 g/mol. The van der Waals surface area contributed by atoms with E-state index in [0.29, 0.717) is 45.1 Å². The van der Waals surface area contributed by atoms with Gasteiger partial charge < -0.3 is 5.73 Å². The molecule has 1 unspecified atom stereocenters. The fourth-order valence-electron chi connectivity index (χ4n) is 2.85. The monoisotopic (exact) mass is 325 g/mol. The van der Waals surface area contributed by atoms with E-state index >= 15 is 0 Å². The molecule has 6 heteroatoms. The highest BCUT2D eigenvalue weighted by Crippen LogP contribution is 2.22. The first-order chi connectivity index (χ1) is 10.5. The summed E-state index contributed by atoms with van der Waals surface area (Å²) in [7, 11) is -3.42. The van der Waals surface area contributed by atoms with E-state index in [4.69, 9.17) is 5.73 Å². The van der Waals surface area contributed by atoms with Gasteiger partial charge in [-0.05, 0) is 37.3 Å². The summed E-state index contributed by atoms with van der Waals surface area (Å²) < 4.78 is 29.1. The third-order valence-electron chi connectivity index (χ3n) is 4.09. The van der Waals surface area contributed by atoms with Crippen molar-refractivity contribution in [3.8, 4) is 0 Å². The molecule has 0 bridgehead atoms. The van der Waals surface area contributed by atoms with Crippen molar-refractivity contribution in [1.29, 1.82) is 0 Å². The molecule has 1 heterocycles. The van der Waals surface area contributed by atoms with E-state index < -0.39 is 10.2 Å². The maximum Gasteiger partial charge on any atom is 0.282 e. The summed E-state index contributed by atoms with van der Waals surface area (Å²) in [4.78, 5) is 0. The van der Waals surface area contributed by atoms with Crippen LogP contribution in [0.5, 0.6) is 0 Å². The lowest BCUT2D eigenvalue weighted by Crippen LogP contribution is -2.47. The Morgan fingerprint density at radius 3 is 2.68 bits per heavy atom. The molecular formula is C16H27N3O2S. The first-order valence-corrected chi connectivity index (χ1v) is 9.43. The molecule has 0 radical (unpaired) electrons. The predicted octanol–water partition coefficient (Wildman–Crippen LogP) is 1.81. The summed E-state index contributed by atoms with van der Waals surface area (Å²) in [6, 6.07) is 9.74. The second-order valence-corrected chi connectivity index (χ2v) is 8.00. The zero-order chi connectivity index (χ0) is 16.0. The van der Waals surface area contributed by atoms with Gasteiger partial charge in [-0.1, -0.05) is 37.3 Å². The van der Waals surface area contributed by atoms with Gasteiger partial charge in [0.25, 0.3) is 10.2 Å². The topological polar surface area (TPSA) is 66.6 Å². The normalized spacial score (nSPS) is 20.4. The van der Waals surface area contributed by atoms with Gasteiger partial charge in [0.15, 0.2) is 0 Å². The molecule has 0 aromatic heterocycles. The minimum absolute atomic E-state index is 0.411. The molecule has 5 nitrogen and oxygen atoms in total. The third kappa shape index (κ3) is 4.52. The molecule has 1 fully saturated rings. The number of rotatable bonds is 7. The minimum Gasteiger partial charge on any atom is -0.330 e. The van der Waals surface area contributed by atoms with Crippen molar-refractivity contribution < 1.29 is 8.42 Å². The number of nitrogens with zero attached hydrogens (tertiary/aromatic N) is 2. The molecule has 0 saturated carbocycles. The molecule has 2 rings (SSSR count). The first kappa shape index (κ1) is 17.4. The van der Waals surface area contributed by atoms with Crippen molar-refractivity contribution in [3.63, 3.8) is 0 Å². The third-order valence-corrected chi connectivity index (χ3v) is 6.03. The zero-order valence-corrected chi connectivity index (χ0v) is 14.1. The Morgan fingerprint density at radius 2 is 2.05 bits per heavy atom. The number of hydrogen-bond acceptors (Lipinski definition) is 3. The van der Waals surface area contributed by atoms with Crippen molar-refractivity contribution in [2.45, 2.75) is 32.7 Å². The van der Waals surface area contributed by atoms with E-state index in [1.165, 1.54) is 0 Å². The Bertz CT molecular complexity index is 548. The Morgan fingerprint density at radius 1 is 1.32 bits per heavy atom. The van der Waals surface area contributed by atoms with Gasteiger partial charge in [-0.15, -0.1) is 0 Å². The minimum atomic E-state index is -3.42. The summed E-state index contributed by atoms with van der Waals surface area (Å²) in [6.45, 7) is 4.74. The molecule has 1 aromatic carbocycles. The Balaban J connectivity index is 2.15. The molecule has 0 aliphatic carbocycles. The SMILES string of the molecule is CC1CCCN(S(=O)(=O)N(CCCN)Cc2ccccc2)C1. The molecule has 1 aromatic rings. The van der Waals surface area contributed by atoms with Gasteiger partial charge in [-0.3, -0.25) is 0 Å². The lowest BCUT2D eigenvalue weighted by molar-refractivity contribution is 0.255. The number of nitrogens with two attached hydrogens (primary N) is 1. The molecule has 2 N–H and O–H groups in total. The van der Waals surface area contributed by atoms with E-state index in [1.54, 1.807) is 8.61 Å². The van der Waals surface area contributed by atoms with Gasteiger partial charge in [0.05, 0.1) is 0 Å². The van der Waals surface area contributed by atoms with Crippen molar-refractivity contribution >= 4 is 10.2 Å². The van der Waals surface area contributed by atoms with Crippen LogP contribution in [-0.2, 0) is 16.8 Å². The quantitative estimate of drug-likeness (QED) is 0.831. The highest BCUT2D eigenvalue weighted by atomic mass is 32.2. The Kier molecular flexibility index (Phi) is 6.37. The number of hydrogen-bond donors (Lipinski definition) is 1. The van der Waals surface area contributed by atoms with Crippen LogP contribution in [0.2, 0.25) is 0 Å². The molecule has 1 aliphatic heterocycles. The van der Waals surface area contributed by atoms with E-state index in [-0.39, 0.29) is 0 Å². The van der Waals surface area contributed by atoms with Crippen molar-refractivity contribution in [1.82, 2.24) is 8.61 Å². The highest BCUT2D eigenvalue weighted by molar-refractivity contribution is 7.86. The van der Waals surface area contributed by atoms with E-state index in [2.05, 4.69) is 6.92 Å². The molecule has 1 aliphatic rings. The van der Waals surface area contributed by atoms with Gasteiger partial charge in [0.2, 0.25) is 0 Å². The van der Waals surface area contributed by atoms with Crippen LogP contribution >= 0.6 is 0 Å². The van der Waals surface area contributed by atoms with Crippen LogP contribution in [0.1, 0.15) is 31.7 Å². The van der Waals surface area contributed by atoms with Crippen LogP contribution in [0.25, 0.3) is 0 Å². The van der Waals surface area contributed by atoms with Crippen LogP contribution < -0.4 is 5.73 Å². The van der Waals surface area contributed by atoms with Gasteiger partial charge in [-0.2, -0.15) is 17.0 Å². The van der Waals surface area contributed by atoms with Crippen molar-refractivity contribution in [2.75, 3.05) is 26.2 Å². The van der Waals surface area contributed by atoms with Crippen LogP contribution in [0.3, 0.4) is 0 Å². The van der Waals surface area contributed by atoms with Crippen LogP contribution in [0.15, 0.2) is 30.3 Å². The molecule has 0 amide bonds. The summed E-state index contributed by atoms with van der Waals surface area (Å²) in [5, 5.41) is 0. The maximum absolute atomic E-state index is 13.0. The maximum atomic E-state index is 13.0. The lowest BCUT2D eigenvalue weighted by atomic mass is 10.0. The van der Waals surface area contributed by atoms with E-state index in [0.717, 1.165) is 18.4 Å². The second kappa shape index (κ2) is 8.06. The average molecular weight is 325 g/mol. The molecule has 124 valence electrons. The van der Waals surface area contributed by atoms with E-state index in [1.807, 2.05) is 30.3 Å².